The van der Waals surface area contributed by atoms with Gasteiger partial charge in [-0.2, -0.15) is 0 Å². The summed E-state index contributed by atoms with van der Waals surface area (Å²) < 4.78 is 5.67. The van der Waals surface area contributed by atoms with E-state index < -0.39 is 0 Å². The van der Waals surface area contributed by atoms with Crippen LogP contribution in [0.25, 0.3) is 0 Å². The Hall–Kier alpha value is -0.300. The summed E-state index contributed by atoms with van der Waals surface area (Å²) in [6.45, 7) is 5.20. The number of ether oxygens (including phenoxy) is 1. The van der Waals surface area contributed by atoms with Crippen LogP contribution in [-0.2, 0) is 4.74 Å². The van der Waals surface area contributed by atoms with Crippen LogP contribution in [0.15, 0.2) is 11.6 Å². The highest BCUT2D eigenvalue weighted by molar-refractivity contribution is 5.25. The van der Waals surface area contributed by atoms with Gasteiger partial charge in [-0.3, -0.25) is 0 Å². The number of methoxy groups -OCH3 is 1. The van der Waals surface area contributed by atoms with Crippen molar-refractivity contribution in [3.8, 4) is 0 Å². The quantitative estimate of drug-likeness (QED) is 0.591. The summed E-state index contributed by atoms with van der Waals surface area (Å²) in [5, 5.41) is 0. The molecule has 118 valence electrons. The third kappa shape index (κ3) is 1.99. The summed E-state index contributed by atoms with van der Waals surface area (Å²) in [4.78, 5) is 0. The van der Waals surface area contributed by atoms with E-state index in [1.165, 1.54) is 57.8 Å². The largest absolute Gasteiger partial charge is 0.381 e. The van der Waals surface area contributed by atoms with Crippen molar-refractivity contribution < 1.29 is 4.74 Å². The van der Waals surface area contributed by atoms with Crippen LogP contribution in [0, 0.1) is 28.6 Å². The Balaban J connectivity index is 1.64. The lowest BCUT2D eigenvalue weighted by atomic mass is 9.48. The predicted octanol–water partition coefficient (Wildman–Crippen LogP) is 5.35. The Morgan fingerprint density at radius 2 is 1.90 bits per heavy atom. The molecular weight excluding hydrogens is 256 g/mol. The van der Waals surface area contributed by atoms with Crippen LogP contribution >= 0.6 is 0 Å². The zero-order valence-corrected chi connectivity index (χ0v) is 14.2. The van der Waals surface area contributed by atoms with Crippen molar-refractivity contribution in [1.29, 1.82) is 0 Å². The van der Waals surface area contributed by atoms with Gasteiger partial charge in [0.15, 0.2) is 0 Å². The monoisotopic (exact) mass is 288 g/mol. The van der Waals surface area contributed by atoms with Crippen molar-refractivity contribution in [1.82, 2.24) is 0 Å². The summed E-state index contributed by atoms with van der Waals surface area (Å²) in [5.74, 6) is 2.97. The van der Waals surface area contributed by atoms with Gasteiger partial charge in [0.05, 0.1) is 6.10 Å². The molecule has 3 saturated carbocycles. The summed E-state index contributed by atoms with van der Waals surface area (Å²) in [6, 6.07) is 0. The summed E-state index contributed by atoms with van der Waals surface area (Å²) in [5.41, 5.74) is 2.94. The van der Waals surface area contributed by atoms with Crippen LogP contribution in [0.4, 0.5) is 0 Å². The maximum absolute atomic E-state index is 5.67. The van der Waals surface area contributed by atoms with E-state index in [0.29, 0.717) is 16.9 Å². The van der Waals surface area contributed by atoms with Gasteiger partial charge in [0, 0.05) is 7.11 Å². The molecule has 3 fully saturated rings. The molecule has 1 nitrogen and oxygen atoms in total. The van der Waals surface area contributed by atoms with E-state index in [0.717, 1.165) is 17.8 Å². The van der Waals surface area contributed by atoms with Crippen LogP contribution in [0.2, 0.25) is 0 Å². The fourth-order valence-corrected chi connectivity index (χ4v) is 6.82. The first kappa shape index (κ1) is 14.3. The zero-order valence-electron chi connectivity index (χ0n) is 14.2. The molecule has 6 atom stereocenters. The second kappa shape index (κ2) is 4.85. The van der Waals surface area contributed by atoms with Gasteiger partial charge >= 0.3 is 0 Å². The summed E-state index contributed by atoms with van der Waals surface area (Å²) in [7, 11) is 1.89. The lowest BCUT2D eigenvalue weighted by molar-refractivity contribution is -0.0409. The Morgan fingerprint density at radius 3 is 2.71 bits per heavy atom. The van der Waals surface area contributed by atoms with E-state index in [1.54, 1.807) is 5.57 Å². The predicted molar refractivity (Wildman–Crippen MR) is 87.1 cm³/mol. The van der Waals surface area contributed by atoms with Gasteiger partial charge in [-0.25, -0.2) is 0 Å². The standard InChI is InChI=1S/C20H32O/c1-19-10-4-5-17(19)16-7-6-14-13-15(21-3)8-12-20(14,2)18(16)9-11-19/h6,15-18H,4-5,7-13H2,1-3H3/t15-,16-,17-,18-,19-,20-/m0/s1. The molecule has 1 heteroatoms. The Morgan fingerprint density at radius 1 is 1.05 bits per heavy atom. The first-order chi connectivity index (χ1) is 10.1. The van der Waals surface area contributed by atoms with Gasteiger partial charge in [-0.05, 0) is 80.0 Å². The first-order valence-electron chi connectivity index (χ1n) is 9.29. The number of fused-ring (bicyclic) bond motifs is 5. The molecule has 21 heavy (non-hydrogen) atoms. The highest BCUT2D eigenvalue weighted by atomic mass is 16.5. The van der Waals surface area contributed by atoms with E-state index in [-0.39, 0.29) is 0 Å². The van der Waals surface area contributed by atoms with E-state index in [1.807, 2.05) is 7.11 Å². The normalized spacial score (nSPS) is 52.6. The molecule has 0 spiro atoms. The van der Waals surface area contributed by atoms with E-state index >= 15 is 0 Å². The molecule has 0 saturated heterocycles. The molecule has 4 aliphatic rings. The minimum Gasteiger partial charge on any atom is -0.381 e. The molecule has 0 radical (unpaired) electrons. The van der Waals surface area contributed by atoms with Gasteiger partial charge < -0.3 is 4.74 Å². The average molecular weight is 288 g/mol. The van der Waals surface area contributed by atoms with E-state index in [9.17, 15) is 0 Å². The molecule has 0 aromatic rings. The molecule has 0 aromatic carbocycles. The van der Waals surface area contributed by atoms with Crippen molar-refractivity contribution in [3.63, 3.8) is 0 Å². The minimum atomic E-state index is 0.487. The second-order valence-corrected chi connectivity index (χ2v) is 8.94. The number of allylic oxidation sites excluding steroid dienone is 1. The maximum atomic E-state index is 5.67. The van der Waals surface area contributed by atoms with Crippen LogP contribution in [0.1, 0.15) is 71.6 Å². The van der Waals surface area contributed by atoms with Crippen LogP contribution in [-0.4, -0.2) is 13.2 Å². The van der Waals surface area contributed by atoms with Crippen LogP contribution in [0.3, 0.4) is 0 Å². The number of rotatable bonds is 1. The van der Waals surface area contributed by atoms with Crippen molar-refractivity contribution in [3.05, 3.63) is 11.6 Å². The smallest absolute Gasteiger partial charge is 0.0608 e. The van der Waals surface area contributed by atoms with Gasteiger partial charge in [0.1, 0.15) is 0 Å². The Bertz CT molecular complexity index is 453. The Labute approximate surface area is 130 Å². The lowest BCUT2D eigenvalue weighted by Crippen LogP contribution is -2.49. The molecule has 0 aromatic heterocycles. The molecular formula is C20H32O. The topological polar surface area (TPSA) is 9.23 Å². The molecule has 0 N–H and O–H groups in total. The number of hydrogen-bond acceptors (Lipinski definition) is 1. The SMILES string of the molecule is CO[C@H]1CC[C@@]2(C)C(=CC[C@H]3[C@@H]4CCC[C@@]4(C)CC[C@@H]32)C1. The van der Waals surface area contributed by atoms with Gasteiger partial charge in [0.25, 0.3) is 0 Å². The Kier molecular flexibility index (Phi) is 3.30. The lowest BCUT2D eigenvalue weighted by Gasteiger charge is -2.57. The highest BCUT2D eigenvalue weighted by Gasteiger charge is 2.55. The molecule has 0 amide bonds. The second-order valence-electron chi connectivity index (χ2n) is 8.94. The fourth-order valence-electron chi connectivity index (χ4n) is 6.82. The highest BCUT2D eigenvalue weighted by Crippen LogP contribution is 2.64. The summed E-state index contributed by atoms with van der Waals surface area (Å²) in [6.07, 6.45) is 15.8. The van der Waals surface area contributed by atoms with Gasteiger partial charge in [-0.15, -0.1) is 0 Å². The fraction of sp³-hybridized carbons (Fsp3) is 0.900. The minimum absolute atomic E-state index is 0.487. The first-order valence-corrected chi connectivity index (χ1v) is 9.29. The zero-order chi connectivity index (χ0) is 14.7. The molecule has 4 rings (SSSR count). The van der Waals surface area contributed by atoms with Crippen molar-refractivity contribution in [2.45, 2.75) is 77.7 Å². The molecule has 0 heterocycles. The third-order valence-corrected chi connectivity index (χ3v) is 8.17. The van der Waals surface area contributed by atoms with Gasteiger partial charge in [-0.1, -0.05) is 31.9 Å². The van der Waals surface area contributed by atoms with E-state index in [2.05, 4.69) is 19.9 Å². The molecule has 0 bridgehead atoms. The maximum Gasteiger partial charge on any atom is 0.0608 e. The van der Waals surface area contributed by atoms with Crippen molar-refractivity contribution >= 4 is 0 Å². The molecule has 0 aliphatic heterocycles. The van der Waals surface area contributed by atoms with Crippen LogP contribution in [0.5, 0.6) is 0 Å². The molecule has 4 aliphatic carbocycles. The van der Waals surface area contributed by atoms with E-state index in [4.69, 9.17) is 4.74 Å². The van der Waals surface area contributed by atoms with Crippen LogP contribution < -0.4 is 0 Å². The molecule has 0 unspecified atom stereocenters. The number of hydrogen-bond donors (Lipinski definition) is 0. The average Bonchev–Trinajstić information content (AvgIpc) is 2.88. The van der Waals surface area contributed by atoms with Gasteiger partial charge in [0.2, 0.25) is 0 Å². The summed E-state index contributed by atoms with van der Waals surface area (Å²) >= 11 is 0. The van der Waals surface area contributed by atoms with Crippen molar-refractivity contribution in [2.24, 2.45) is 28.6 Å². The van der Waals surface area contributed by atoms with Crippen molar-refractivity contribution in [2.75, 3.05) is 7.11 Å². The third-order valence-electron chi connectivity index (χ3n) is 8.17.